The van der Waals surface area contributed by atoms with Gasteiger partial charge in [0.25, 0.3) is 5.91 Å². The van der Waals surface area contributed by atoms with Gasteiger partial charge in [0.15, 0.2) is 5.13 Å². The molecule has 0 atom stereocenters. The molecule has 1 saturated heterocycles. The van der Waals surface area contributed by atoms with Crippen LogP contribution in [0.25, 0.3) is 0 Å². The molecule has 0 saturated carbocycles. The summed E-state index contributed by atoms with van der Waals surface area (Å²) in [5.41, 5.74) is 1.49. The van der Waals surface area contributed by atoms with Gasteiger partial charge in [0.1, 0.15) is 10.3 Å². The van der Waals surface area contributed by atoms with Crippen LogP contribution in [0.15, 0.2) is 28.3 Å². The molecule has 1 fully saturated rings. The minimum atomic E-state index is -0.235. The number of carbonyl (C=O) groups is 1. The Morgan fingerprint density at radius 1 is 1.41 bits per heavy atom. The number of anilines is 2. The van der Waals surface area contributed by atoms with Crippen molar-refractivity contribution in [3.8, 4) is 0 Å². The van der Waals surface area contributed by atoms with Gasteiger partial charge in [0, 0.05) is 18.5 Å². The third kappa shape index (κ3) is 3.64. The lowest BCUT2D eigenvalue weighted by Crippen LogP contribution is -2.32. The Balaban J connectivity index is 1.64. The average molecular weight is 381 g/mol. The molecule has 1 aliphatic rings. The van der Waals surface area contributed by atoms with Gasteiger partial charge in [-0.25, -0.2) is 9.97 Å². The van der Waals surface area contributed by atoms with E-state index in [1.807, 2.05) is 11.4 Å². The lowest BCUT2D eigenvalue weighted by molar-refractivity contribution is 0.102. The first-order valence-corrected chi connectivity index (χ1v) is 8.92. The van der Waals surface area contributed by atoms with Crippen molar-refractivity contribution >= 4 is 44.0 Å². The Labute approximate surface area is 141 Å². The van der Waals surface area contributed by atoms with E-state index in [9.17, 15) is 4.79 Å². The van der Waals surface area contributed by atoms with Gasteiger partial charge in [-0.15, -0.1) is 11.3 Å². The number of nitrogens with zero attached hydrogens (tertiary/aromatic N) is 3. The lowest BCUT2D eigenvalue weighted by Gasteiger charge is -2.31. The normalized spacial score (nSPS) is 15.8. The predicted molar refractivity (Wildman–Crippen MR) is 92.6 cm³/mol. The summed E-state index contributed by atoms with van der Waals surface area (Å²) in [6.07, 6.45) is 4.20. The fourth-order valence-corrected chi connectivity index (χ4v) is 3.59. The molecule has 1 N–H and O–H groups in total. The van der Waals surface area contributed by atoms with Crippen LogP contribution in [-0.4, -0.2) is 29.0 Å². The van der Waals surface area contributed by atoms with E-state index in [0.29, 0.717) is 10.8 Å². The van der Waals surface area contributed by atoms with Gasteiger partial charge >= 0.3 is 0 Å². The molecule has 3 rings (SSSR count). The van der Waals surface area contributed by atoms with Crippen molar-refractivity contribution in [2.75, 3.05) is 23.3 Å². The molecule has 0 bridgehead atoms. The fraction of sp³-hybridized carbons (Fsp3) is 0.400. The second-order valence-electron chi connectivity index (χ2n) is 5.50. The first kappa shape index (κ1) is 15.4. The van der Waals surface area contributed by atoms with E-state index in [1.54, 1.807) is 12.3 Å². The molecule has 2 aromatic heterocycles. The summed E-state index contributed by atoms with van der Waals surface area (Å²) in [5, 5.41) is 5.13. The molecular weight excluding hydrogens is 364 g/mol. The Kier molecular flexibility index (Phi) is 4.73. The summed E-state index contributed by atoms with van der Waals surface area (Å²) < 4.78 is 0.718. The molecular formula is C15H17BrN4OS. The summed E-state index contributed by atoms with van der Waals surface area (Å²) in [5.74, 6) is 0.563. The number of hydrogen-bond donors (Lipinski definition) is 1. The maximum Gasteiger partial charge on any atom is 0.276 e. The van der Waals surface area contributed by atoms with Crippen LogP contribution in [0.1, 0.15) is 30.3 Å². The zero-order valence-corrected chi connectivity index (χ0v) is 14.7. The highest BCUT2D eigenvalue weighted by molar-refractivity contribution is 9.10. The minimum absolute atomic E-state index is 0.235. The maximum absolute atomic E-state index is 12.1. The molecule has 0 unspecified atom stereocenters. The predicted octanol–water partition coefficient (Wildman–Crippen LogP) is 3.79. The summed E-state index contributed by atoms with van der Waals surface area (Å²) in [4.78, 5) is 22.9. The fourth-order valence-electron chi connectivity index (χ4n) is 2.45. The second-order valence-corrected chi connectivity index (χ2v) is 7.17. The van der Waals surface area contributed by atoms with Crippen LogP contribution in [0.5, 0.6) is 0 Å². The number of amides is 1. The number of halogens is 1. The number of thiazole rings is 1. The van der Waals surface area contributed by atoms with Crippen molar-refractivity contribution in [1.29, 1.82) is 0 Å². The van der Waals surface area contributed by atoms with Crippen molar-refractivity contribution in [1.82, 2.24) is 9.97 Å². The number of nitrogens with one attached hydrogen (secondary N) is 1. The van der Waals surface area contributed by atoms with Gasteiger partial charge in [-0.05, 0) is 46.8 Å². The third-order valence-corrected chi connectivity index (χ3v) is 5.29. The number of pyridine rings is 1. The number of carbonyl (C=O) groups excluding carboxylic acids is 1. The maximum atomic E-state index is 12.1. The Hall–Kier alpha value is -1.47. The zero-order valence-electron chi connectivity index (χ0n) is 12.3. The lowest BCUT2D eigenvalue weighted by atomic mass is 9.99. The van der Waals surface area contributed by atoms with Gasteiger partial charge in [0.2, 0.25) is 0 Å². The summed E-state index contributed by atoms with van der Waals surface area (Å²) in [7, 11) is 0. The van der Waals surface area contributed by atoms with Gasteiger partial charge < -0.3 is 4.90 Å². The largest absolute Gasteiger partial charge is 0.370 e. The molecule has 0 spiro atoms. The van der Waals surface area contributed by atoms with Crippen LogP contribution < -0.4 is 10.2 Å². The molecule has 0 radical (unpaired) electrons. The van der Waals surface area contributed by atoms with Crippen molar-refractivity contribution in [2.45, 2.75) is 19.8 Å². The van der Waals surface area contributed by atoms with E-state index in [4.69, 9.17) is 0 Å². The van der Waals surface area contributed by atoms with Crippen LogP contribution in [0, 0.1) is 5.92 Å². The summed E-state index contributed by atoms with van der Waals surface area (Å²) in [6.45, 7) is 4.41. The van der Waals surface area contributed by atoms with Gasteiger partial charge in [-0.1, -0.05) is 6.92 Å². The summed E-state index contributed by atoms with van der Waals surface area (Å²) in [6, 6.07) is 3.74. The van der Waals surface area contributed by atoms with Crippen LogP contribution >= 0.6 is 27.3 Å². The van der Waals surface area contributed by atoms with Gasteiger partial charge in [-0.2, -0.15) is 0 Å². The van der Waals surface area contributed by atoms with Crippen LogP contribution in [-0.2, 0) is 0 Å². The third-order valence-electron chi connectivity index (χ3n) is 3.83. The number of rotatable bonds is 3. The van der Waals surface area contributed by atoms with E-state index in [1.165, 1.54) is 24.2 Å². The van der Waals surface area contributed by atoms with Crippen molar-refractivity contribution < 1.29 is 4.79 Å². The van der Waals surface area contributed by atoms with E-state index in [-0.39, 0.29) is 5.91 Å². The molecule has 3 heterocycles. The first-order valence-electron chi connectivity index (χ1n) is 7.25. The van der Waals surface area contributed by atoms with Crippen molar-refractivity contribution in [3.05, 3.63) is 34.0 Å². The Bertz CT molecular complexity index is 650. The average Bonchev–Trinajstić information content (AvgIpc) is 2.93. The number of hydrogen-bond acceptors (Lipinski definition) is 5. The highest BCUT2D eigenvalue weighted by atomic mass is 79.9. The SMILES string of the molecule is CC1CCN(c2ccc(C(=O)Nc3nc(Br)cs3)nc2)CC1. The Morgan fingerprint density at radius 3 is 2.77 bits per heavy atom. The van der Waals surface area contributed by atoms with Crippen LogP contribution in [0.3, 0.4) is 0 Å². The van der Waals surface area contributed by atoms with Crippen molar-refractivity contribution in [2.24, 2.45) is 5.92 Å². The molecule has 116 valence electrons. The zero-order chi connectivity index (χ0) is 15.5. The molecule has 22 heavy (non-hydrogen) atoms. The molecule has 2 aromatic rings. The summed E-state index contributed by atoms with van der Waals surface area (Å²) >= 11 is 4.64. The van der Waals surface area contributed by atoms with E-state index in [0.717, 1.165) is 29.3 Å². The van der Waals surface area contributed by atoms with Crippen LogP contribution in [0.2, 0.25) is 0 Å². The number of piperidine rings is 1. The van der Waals surface area contributed by atoms with E-state index < -0.39 is 0 Å². The van der Waals surface area contributed by atoms with Gasteiger partial charge in [-0.3, -0.25) is 10.1 Å². The van der Waals surface area contributed by atoms with E-state index in [2.05, 4.69) is 43.0 Å². The van der Waals surface area contributed by atoms with Gasteiger partial charge in [0.05, 0.1) is 11.9 Å². The molecule has 5 nitrogen and oxygen atoms in total. The molecule has 0 aliphatic carbocycles. The van der Waals surface area contributed by atoms with Crippen LogP contribution in [0.4, 0.5) is 10.8 Å². The quantitative estimate of drug-likeness (QED) is 0.879. The van der Waals surface area contributed by atoms with Crippen molar-refractivity contribution in [3.63, 3.8) is 0 Å². The molecule has 1 aliphatic heterocycles. The molecule has 0 aromatic carbocycles. The topological polar surface area (TPSA) is 58.1 Å². The first-order chi connectivity index (χ1) is 10.6. The molecule has 1 amide bonds. The Morgan fingerprint density at radius 2 is 2.18 bits per heavy atom. The monoisotopic (exact) mass is 380 g/mol. The second kappa shape index (κ2) is 6.75. The van der Waals surface area contributed by atoms with E-state index >= 15 is 0 Å². The highest BCUT2D eigenvalue weighted by Crippen LogP contribution is 2.23. The smallest absolute Gasteiger partial charge is 0.276 e. The standard InChI is InChI=1S/C15H17BrN4OS/c1-10-4-6-20(7-5-10)11-2-3-12(17-8-11)14(21)19-15-18-13(16)9-22-15/h2-3,8-10H,4-7H2,1H3,(H,18,19,21). The highest BCUT2D eigenvalue weighted by Gasteiger charge is 2.17. The minimum Gasteiger partial charge on any atom is -0.370 e. The number of aromatic nitrogens is 2. The molecule has 7 heteroatoms.